The van der Waals surface area contributed by atoms with E-state index >= 15 is 0 Å². The van der Waals surface area contributed by atoms with Crippen LogP contribution in [-0.2, 0) is 4.79 Å². The average Bonchev–Trinajstić information content (AvgIpc) is 2.15. The van der Waals surface area contributed by atoms with Crippen molar-refractivity contribution in [1.29, 1.82) is 0 Å². The molecule has 0 bridgehead atoms. The fraction of sp³-hybridized carbons (Fsp3) is 0.250. The van der Waals surface area contributed by atoms with Gasteiger partial charge in [0.15, 0.2) is 0 Å². The average molecular weight is 249 g/mol. The number of carbonyl (C=O) groups excluding carboxylic acids is 1. The molecule has 6 nitrogen and oxygen atoms in total. The van der Waals surface area contributed by atoms with E-state index in [4.69, 9.17) is 5.11 Å². The van der Waals surface area contributed by atoms with Gasteiger partial charge in [0.25, 0.3) is 0 Å². The molecule has 1 heterocycles. The number of nitrogens with zero attached hydrogens (tertiary/aromatic N) is 2. The van der Waals surface area contributed by atoms with Crippen LogP contribution in [0, 0.1) is 6.92 Å². The van der Waals surface area contributed by atoms with Gasteiger partial charge in [-0.05, 0) is 6.92 Å². The van der Waals surface area contributed by atoms with Crippen molar-refractivity contribution in [1.82, 2.24) is 9.97 Å². The summed E-state index contributed by atoms with van der Waals surface area (Å²) in [4.78, 5) is 27.8. The van der Waals surface area contributed by atoms with Crippen LogP contribution in [0.3, 0.4) is 0 Å². The van der Waals surface area contributed by atoms with Crippen LogP contribution in [0.15, 0.2) is 6.20 Å². The zero-order valence-electron chi connectivity index (χ0n) is 8.37. The molecule has 1 aromatic rings. The van der Waals surface area contributed by atoms with Gasteiger partial charge in [-0.25, -0.2) is 14.8 Å². The summed E-state index contributed by atoms with van der Waals surface area (Å²) >= 11 is 0. The van der Waals surface area contributed by atoms with Crippen molar-refractivity contribution in [2.24, 2.45) is 0 Å². The monoisotopic (exact) mass is 249 g/mol. The fourth-order valence-electron chi connectivity index (χ4n) is 0.910. The van der Waals surface area contributed by atoms with E-state index in [0.717, 1.165) is 6.20 Å². The van der Waals surface area contributed by atoms with Crippen molar-refractivity contribution in [3.05, 3.63) is 17.5 Å². The molecule has 0 aliphatic rings. The van der Waals surface area contributed by atoms with Crippen molar-refractivity contribution >= 4 is 17.8 Å². The highest BCUT2D eigenvalue weighted by atomic mass is 19.4. The molecule has 1 aromatic heterocycles. The molecule has 0 spiro atoms. The summed E-state index contributed by atoms with van der Waals surface area (Å²) in [6.45, 7) is 1.27. The molecule has 0 aromatic carbocycles. The van der Waals surface area contributed by atoms with Gasteiger partial charge in [0.05, 0.1) is 11.3 Å². The first-order valence-electron chi connectivity index (χ1n) is 4.17. The van der Waals surface area contributed by atoms with Crippen molar-refractivity contribution in [3.63, 3.8) is 0 Å². The minimum Gasteiger partial charge on any atom is -0.478 e. The third-order valence-electron chi connectivity index (χ3n) is 1.69. The highest BCUT2D eigenvalue weighted by Crippen LogP contribution is 2.17. The van der Waals surface area contributed by atoms with E-state index in [1.807, 2.05) is 0 Å². The highest BCUT2D eigenvalue weighted by molar-refractivity contribution is 5.94. The lowest BCUT2D eigenvalue weighted by Crippen LogP contribution is -2.30. The summed E-state index contributed by atoms with van der Waals surface area (Å²) in [5.74, 6) is -4.13. The number of aromatic nitrogens is 2. The molecule has 0 radical (unpaired) electrons. The predicted molar refractivity (Wildman–Crippen MR) is 48.4 cm³/mol. The highest BCUT2D eigenvalue weighted by Gasteiger charge is 2.39. The molecule has 17 heavy (non-hydrogen) atoms. The maximum atomic E-state index is 11.9. The van der Waals surface area contributed by atoms with Gasteiger partial charge in [-0.15, -0.1) is 0 Å². The number of aryl methyl sites for hydroxylation is 1. The van der Waals surface area contributed by atoms with Crippen LogP contribution in [0.1, 0.15) is 16.1 Å². The van der Waals surface area contributed by atoms with E-state index in [0.29, 0.717) is 0 Å². The Hall–Kier alpha value is -2.19. The van der Waals surface area contributed by atoms with Crippen LogP contribution < -0.4 is 5.32 Å². The van der Waals surface area contributed by atoms with E-state index in [1.54, 1.807) is 0 Å². The van der Waals surface area contributed by atoms with Gasteiger partial charge < -0.3 is 5.11 Å². The number of alkyl halides is 3. The third-order valence-corrected chi connectivity index (χ3v) is 1.69. The van der Waals surface area contributed by atoms with Gasteiger partial charge in [0.2, 0.25) is 5.95 Å². The Morgan fingerprint density at radius 3 is 2.41 bits per heavy atom. The number of hydrogen-bond donors (Lipinski definition) is 2. The van der Waals surface area contributed by atoms with Gasteiger partial charge >= 0.3 is 18.1 Å². The Labute approximate surface area is 92.5 Å². The maximum absolute atomic E-state index is 11.9. The molecule has 0 saturated carbocycles. The molecule has 0 atom stereocenters. The summed E-state index contributed by atoms with van der Waals surface area (Å²) in [7, 11) is 0. The Morgan fingerprint density at radius 2 is 2.00 bits per heavy atom. The number of anilines is 1. The molecule has 0 aliphatic heterocycles. The molecule has 0 saturated heterocycles. The number of halogens is 3. The van der Waals surface area contributed by atoms with Crippen LogP contribution in [0.5, 0.6) is 0 Å². The maximum Gasteiger partial charge on any atom is 0.471 e. The molecule has 92 valence electrons. The Kier molecular flexibility index (Phi) is 3.30. The standard InChI is InChI=1S/C8H6F3N3O3/c1-3-4(5(15)16)2-12-7(13-3)14-6(17)8(9,10)11/h2H,1H3,(H,15,16)(H,12,13,14,17). The number of carboxylic acid groups (broad SMARTS) is 1. The van der Waals surface area contributed by atoms with E-state index in [2.05, 4.69) is 9.97 Å². The van der Waals surface area contributed by atoms with Crippen LogP contribution in [0.25, 0.3) is 0 Å². The zero-order valence-corrected chi connectivity index (χ0v) is 8.37. The molecule has 0 fully saturated rings. The van der Waals surface area contributed by atoms with Gasteiger partial charge in [0, 0.05) is 6.20 Å². The predicted octanol–water partition coefficient (Wildman–Crippen LogP) is 0.984. The largest absolute Gasteiger partial charge is 0.478 e. The summed E-state index contributed by atoms with van der Waals surface area (Å²) < 4.78 is 35.6. The van der Waals surface area contributed by atoms with Crippen LogP contribution in [-0.4, -0.2) is 33.1 Å². The van der Waals surface area contributed by atoms with E-state index in [-0.39, 0.29) is 11.3 Å². The topological polar surface area (TPSA) is 92.2 Å². The lowest BCUT2D eigenvalue weighted by atomic mass is 10.2. The zero-order chi connectivity index (χ0) is 13.2. The van der Waals surface area contributed by atoms with Crippen molar-refractivity contribution in [2.45, 2.75) is 13.1 Å². The van der Waals surface area contributed by atoms with E-state index in [9.17, 15) is 22.8 Å². The van der Waals surface area contributed by atoms with Crippen LogP contribution >= 0.6 is 0 Å². The number of rotatable bonds is 2. The van der Waals surface area contributed by atoms with Crippen molar-refractivity contribution in [3.8, 4) is 0 Å². The SMILES string of the molecule is Cc1nc(NC(=O)C(F)(F)F)ncc1C(=O)O. The fourth-order valence-corrected chi connectivity index (χ4v) is 0.910. The van der Waals surface area contributed by atoms with Gasteiger partial charge in [0.1, 0.15) is 0 Å². The van der Waals surface area contributed by atoms with E-state index < -0.39 is 24.0 Å². The van der Waals surface area contributed by atoms with Gasteiger partial charge in [-0.1, -0.05) is 0 Å². The van der Waals surface area contributed by atoms with Crippen LogP contribution in [0.2, 0.25) is 0 Å². The van der Waals surface area contributed by atoms with Crippen molar-refractivity contribution < 1.29 is 27.9 Å². The van der Waals surface area contributed by atoms with Crippen LogP contribution in [0.4, 0.5) is 19.1 Å². The number of aromatic carboxylic acids is 1. The molecule has 1 amide bonds. The molecular weight excluding hydrogens is 243 g/mol. The second kappa shape index (κ2) is 4.36. The summed E-state index contributed by atoms with van der Waals surface area (Å²) in [5.41, 5.74) is -0.306. The first kappa shape index (κ1) is 12.9. The number of amides is 1. The normalized spacial score (nSPS) is 11.1. The Balaban J connectivity index is 2.92. The molecule has 9 heteroatoms. The molecule has 1 rings (SSSR count). The second-order valence-corrected chi connectivity index (χ2v) is 2.95. The summed E-state index contributed by atoms with van der Waals surface area (Å²) in [6, 6.07) is 0. The number of hydrogen-bond acceptors (Lipinski definition) is 4. The van der Waals surface area contributed by atoms with E-state index in [1.165, 1.54) is 12.2 Å². The van der Waals surface area contributed by atoms with Gasteiger partial charge in [-0.2, -0.15) is 13.2 Å². The second-order valence-electron chi connectivity index (χ2n) is 2.95. The quantitative estimate of drug-likeness (QED) is 0.815. The minimum atomic E-state index is -5.05. The molecule has 2 N–H and O–H groups in total. The minimum absolute atomic E-state index is 0.0509. The smallest absolute Gasteiger partial charge is 0.471 e. The summed E-state index contributed by atoms with van der Waals surface area (Å²) in [5, 5.41) is 10.0. The lowest BCUT2D eigenvalue weighted by molar-refractivity contribution is -0.167. The summed E-state index contributed by atoms with van der Waals surface area (Å²) in [6.07, 6.45) is -4.24. The molecular formula is C8H6F3N3O3. The van der Waals surface area contributed by atoms with Gasteiger partial charge in [-0.3, -0.25) is 10.1 Å². The number of carbonyl (C=O) groups is 2. The lowest BCUT2D eigenvalue weighted by Gasteiger charge is -2.07. The Bertz CT molecular complexity index is 473. The number of carboxylic acids is 1. The first-order chi connectivity index (χ1) is 7.71. The van der Waals surface area contributed by atoms with Crippen molar-refractivity contribution in [2.75, 3.05) is 5.32 Å². The molecule has 0 aliphatic carbocycles. The molecule has 0 unspecified atom stereocenters. The Morgan fingerprint density at radius 1 is 1.41 bits per heavy atom. The first-order valence-corrected chi connectivity index (χ1v) is 4.17. The third kappa shape index (κ3) is 3.13. The number of nitrogens with one attached hydrogen (secondary N) is 1.